The molecule has 1 atom stereocenters. The third kappa shape index (κ3) is 1.97. The van der Waals surface area contributed by atoms with Crippen LogP contribution < -0.4 is 5.73 Å². The summed E-state index contributed by atoms with van der Waals surface area (Å²) in [6, 6.07) is 7.42. The van der Waals surface area contributed by atoms with E-state index in [1.165, 1.54) is 5.01 Å². The van der Waals surface area contributed by atoms with Crippen LogP contribution in [0.15, 0.2) is 33.3 Å². The van der Waals surface area contributed by atoms with Crippen LogP contribution in [-0.4, -0.2) is 34.3 Å². The van der Waals surface area contributed by atoms with Gasteiger partial charge in [-0.1, -0.05) is 0 Å². The molecule has 1 unspecified atom stereocenters. The highest BCUT2D eigenvalue weighted by Gasteiger charge is 2.49. The SMILES string of the molecule is Cc1cc(N=C2N=C(N)N3N=C(C=O)CC23C)ccc1C#N. The van der Waals surface area contributed by atoms with Crippen LogP contribution in [0.4, 0.5) is 5.69 Å². The molecule has 0 fully saturated rings. The van der Waals surface area contributed by atoms with Crippen molar-refractivity contribution < 1.29 is 4.79 Å². The summed E-state index contributed by atoms with van der Waals surface area (Å²) in [5.41, 5.74) is 7.79. The molecule has 0 spiro atoms. The van der Waals surface area contributed by atoms with Crippen LogP contribution in [0.25, 0.3) is 0 Å². The fraction of sp³-hybridized carbons (Fsp3) is 0.267. The number of benzene rings is 1. The Morgan fingerprint density at radius 3 is 2.95 bits per heavy atom. The van der Waals surface area contributed by atoms with Crippen molar-refractivity contribution in [2.75, 3.05) is 0 Å². The van der Waals surface area contributed by atoms with E-state index >= 15 is 0 Å². The van der Waals surface area contributed by atoms with E-state index in [2.05, 4.69) is 21.2 Å². The summed E-state index contributed by atoms with van der Waals surface area (Å²) in [6.45, 7) is 3.75. The lowest BCUT2D eigenvalue weighted by Crippen LogP contribution is -2.45. The van der Waals surface area contributed by atoms with Gasteiger partial charge >= 0.3 is 0 Å². The number of rotatable bonds is 2. The van der Waals surface area contributed by atoms with E-state index in [0.29, 0.717) is 29.2 Å². The number of carbonyl (C=O) groups is 1. The summed E-state index contributed by atoms with van der Waals surface area (Å²) in [4.78, 5) is 19.8. The Bertz CT molecular complexity index is 801. The molecule has 0 aromatic heterocycles. The summed E-state index contributed by atoms with van der Waals surface area (Å²) < 4.78 is 0. The maximum Gasteiger partial charge on any atom is 0.219 e. The summed E-state index contributed by atoms with van der Waals surface area (Å²) >= 11 is 0. The molecular weight excluding hydrogens is 280 g/mol. The zero-order valence-electron chi connectivity index (χ0n) is 12.2. The number of hydrogen-bond donors (Lipinski definition) is 1. The zero-order chi connectivity index (χ0) is 15.9. The number of nitrogens with two attached hydrogens (primary N) is 1. The number of amidine groups is 1. The normalized spacial score (nSPS) is 24.8. The lowest BCUT2D eigenvalue weighted by molar-refractivity contribution is -0.102. The van der Waals surface area contributed by atoms with Crippen LogP contribution >= 0.6 is 0 Å². The molecule has 0 aliphatic carbocycles. The summed E-state index contributed by atoms with van der Waals surface area (Å²) in [5.74, 6) is 0.734. The van der Waals surface area contributed by atoms with Gasteiger partial charge in [0.05, 0.1) is 17.3 Å². The molecule has 1 aromatic rings. The Balaban J connectivity index is 2.01. The van der Waals surface area contributed by atoms with Crippen LogP contribution in [-0.2, 0) is 4.79 Å². The van der Waals surface area contributed by atoms with E-state index < -0.39 is 5.54 Å². The van der Waals surface area contributed by atoms with Gasteiger partial charge < -0.3 is 5.73 Å². The molecule has 0 amide bonds. The number of aldehydes is 1. The lowest BCUT2D eigenvalue weighted by atomic mass is 9.95. The molecule has 0 saturated carbocycles. The van der Waals surface area contributed by atoms with Gasteiger partial charge in [-0.15, -0.1) is 0 Å². The van der Waals surface area contributed by atoms with Gasteiger partial charge in [-0.25, -0.2) is 10.0 Å². The Kier molecular flexibility index (Phi) is 3.03. The minimum absolute atomic E-state index is 0.225. The molecule has 7 nitrogen and oxygen atoms in total. The zero-order valence-corrected chi connectivity index (χ0v) is 12.2. The van der Waals surface area contributed by atoms with Crippen LogP contribution in [0.3, 0.4) is 0 Å². The van der Waals surface area contributed by atoms with E-state index in [1.54, 1.807) is 12.1 Å². The maximum atomic E-state index is 11.0. The molecule has 7 heteroatoms. The van der Waals surface area contributed by atoms with Gasteiger partial charge in [0, 0.05) is 6.42 Å². The van der Waals surface area contributed by atoms with Crippen molar-refractivity contribution in [2.24, 2.45) is 20.8 Å². The average molecular weight is 294 g/mol. The van der Waals surface area contributed by atoms with Crippen molar-refractivity contribution in [1.29, 1.82) is 5.26 Å². The largest absolute Gasteiger partial charge is 0.368 e. The van der Waals surface area contributed by atoms with Crippen molar-refractivity contribution >= 4 is 29.5 Å². The van der Waals surface area contributed by atoms with Crippen molar-refractivity contribution in [1.82, 2.24) is 5.01 Å². The minimum Gasteiger partial charge on any atom is -0.368 e. The second kappa shape index (κ2) is 4.77. The van der Waals surface area contributed by atoms with Crippen LogP contribution in [0.5, 0.6) is 0 Å². The standard InChI is InChI=1S/C15H14N6O/c1-9-5-11(4-3-10(9)7-16)18-13-15(2)6-12(8-22)20-21(15)14(17)19-13/h3-5,8H,6H2,1-2H3,(H2,17,18,19). The molecule has 0 saturated heterocycles. The highest BCUT2D eigenvalue weighted by molar-refractivity contribution is 6.31. The fourth-order valence-electron chi connectivity index (χ4n) is 2.63. The average Bonchev–Trinajstić information content (AvgIpc) is 2.94. The van der Waals surface area contributed by atoms with Gasteiger partial charge in [0.15, 0.2) is 12.1 Å². The summed E-state index contributed by atoms with van der Waals surface area (Å²) in [7, 11) is 0. The molecule has 2 aliphatic heterocycles. The molecule has 0 radical (unpaired) electrons. The van der Waals surface area contributed by atoms with Crippen molar-refractivity contribution in [2.45, 2.75) is 25.8 Å². The van der Waals surface area contributed by atoms with Gasteiger partial charge in [-0.2, -0.15) is 15.4 Å². The number of hydrazone groups is 1. The molecule has 3 rings (SSSR count). The van der Waals surface area contributed by atoms with Gasteiger partial charge in [-0.05, 0) is 37.6 Å². The molecule has 0 bridgehead atoms. The highest BCUT2D eigenvalue weighted by atomic mass is 16.1. The van der Waals surface area contributed by atoms with Crippen molar-refractivity contribution in [3.05, 3.63) is 29.3 Å². The molecule has 22 heavy (non-hydrogen) atoms. The minimum atomic E-state index is -0.637. The number of fused-ring (bicyclic) bond motifs is 1. The topological polar surface area (TPSA) is 107 Å². The number of guanidine groups is 1. The number of aliphatic imine (C=N–C) groups is 2. The number of nitriles is 1. The highest BCUT2D eigenvalue weighted by Crippen LogP contribution is 2.34. The first-order valence-electron chi connectivity index (χ1n) is 6.75. The quantitative estimate of drug-likeness (QED) is 0.828. The third-order valence-corrected chi connectivity index (χ3v) is 3.84. The second-order valence-corrected chi connectivity index (χ2v) is 5.49. The monoisotopic (exact) mass is 294 g/mol. The summed E-state index contributed by atoms with van der Waals surface area (Å²) in [5, 5.41) is 14.7. The van der Waals surface area contributed by atoms with E-state index in [9.17, 15) is 4.79 Å². The number of carbonyl (C=O) groups excluding carboxylic acids is 1. The molecule has 2 aliphatic rings. The molecule has 2 N–H and O–H groups in total. The molecule has 1 aromatic carbocycles. The van der Waals surface area contributed by atoms with Crippen LogP contribution in [0, 0.1) is 18.3 Å². The van der Waals surface area contributed by atoms with Crippen molar-refractivity contribution in [3.63, 3.8) is 0 Å². The van der Waals surface area contributed by atoms with Gasteiger partial charge in [-0.3, -0.25) is 4.79 Å². The molecular formula is C15H14N6O. The van der Waals surface area contributed by atoms with E-state index in [0.717, 1.165) is 11.8 Å². The molecule has 2 heterocycles. The molecule has 110 valence electrons. The van der Waals surface area contributed by atoms with E-state index in [4.69, 9.17) is 11.0 Å². The Morgan fingerprint density at radius 1 is 1.55 bits per heavy atom. The van der Waals surface area contributed by atoms with Gasteiger partial charge in [0.2, 0.25) is 5.96 Å². The Morgan fingerprint density at radius 2 is 2.32 bits per heavy atom. The van der Waals surface area contributed by atoms with E-state index in [-0.39, 0.29) is 5.96 Å². The lowest BCUT2D eigenvalue weighted by Gasteiger charge is -2.25. The predicted molar refractivity (Wildman–Crippen MR) is 83.0 cm³/mol. The Hall–Kier alpha value is -3.01. The van der Waals surface area contributed by atoms with Crippen LogP contribution in [0.1, 0.15) is 24.5 Å². The van der Waals surface area contributed by atoms with Crippen molar-refractivity contribution in [3.8, 4) is 6.07 Å². The third-order valence-electron chi connectivity index (χ3n) is 3.84. The second-order valence-electron chi connectivity index (χ2n) is 5.49. The maximum absolute atomic E-state index is 11.0. The smallest absolute Gasteiger partial charge is 0.219 e. The van der Waals surface area contributed by atoms with Crippen LogP contribution in [0.2, 0.25) is 0 Å². The van der Waals surface area contributed by atoms with Gasteiger partial charge in [0.25, 0.3) is 0 Å². The van der Waals surface area contributed by atoms with Gasteiger partial charge in [0.1, 0.15) is 11.3 Å². The Labute approximate surface area is 127 Å². The summed E-state index contributed by atoms with van der Waals surface area (Å²) in [6.07, 6.45) is 1.13. The fourth-order valence-corrected chi connectivity index (χ4v) is 2.63. The number of nitrogens with zero attached hydrogens (tertiary/aromatic N) is 5. The number of aryl methyl sites for hydroxylation is 1. The predicted octanol–water partition coefficient (Wildman–Crippen LogP) is 1.24. The first-order chi connectivity index (χ1) is 10.5. The first-order valence-corrected chi connectivity index (χ1v) is 6.75. The van der Waals surface area contributed by atoms with E-state index in [1.807, 2.05) is 19.9 Å². The first kappa shape index (κ1) is 13.9. The number of hydrogen-bond acceptors (Lipinski definition) is 6.